The van der Waals surface area contributed by atoms with Gasteiger partial charge >= 0.3 is 5.97 Å². The second-order valence-electron chi connectivity index (χ2n) is 7.88. The molecule has 0 spiro atoms. The van der Waals surface area contributed by atoms with Gasteiger partial charge in [0.1, 0.15) is 10.6 Å². The number of fused-ring (bicyclic) bond motifs is 1. The van der Waals surface area contributed by atoms with E-state index in [0.29, 0.717) is 16.6 Å². The Morgan fingerprint density at radius 1 is 1.22 bits per heavy atom. The fraction of sp³-hybridized carbons (Fsp3) is 0.429. The maximum atomic E-state index is 13.0. The third-order valence-corrected chi connectivity index (χ3v) is 5.80. The van der Waals surface area contributed by atoms with Crippen LogP contribution in [0.15, 0.2) is 30.3 Å². The van der Waals surface area contributed by atoms with Crippen LogP contribution in [0.5, 0.6) is 0 Å². The van der Waals surface area contributed by atoms with E-state index in [1.165, 1.54) is 4.88 Å². The van der Waals surface area contributed by atoms with E-state index in [1.807, 2.05) is 51.1 Å². The summed E-state index contributed by atoms with van der Waals surface area (Å²) in [4.78, 5) is 14.2. The quantitative estimate of drug-likeness (QED) is 0.491. The largest absolute Gasteiger partial charge is 0.456 e. The standard InChI is InChI=1S/C21H26N2O2S2/c1-13-9-8-12-15-16(13)17(19(24)25-21(2,3)4)18(27-15)23-20(26)22-14-10-6-5-7-11-14/h5-7,10-11,13H,8-9,12H2,1-4H3,(H2,22,23,26). The second-order valence-corrected chi connectivity index (χ2v) is 9.40. The van der Waals surface area contributed by atoms with Gasteiger partial charge in [-0.2, -0.15) is 0 Å². The third kappa shape index (κ3) is 4.87. The van der Waals surface area contributed by atoms with Gasteiger partial charge < -0.3 is 15.4 Å². The predicted octanol–water partition coefficient (Wildman–Crippen LogP) is 5.95. The van der Waals surface area contributed by atoms with E-state index < -0.39 is 5.60 Å². The first-order valence-electron chi connectivity index (χ1n) is 9.26. The minimum Gasteiger partial charge on any atom is -0.456 e. The molecule has 0 fully saturated rings. The number of carbonyl (C=O) groups excluding carboxylic acids is 1. The monoisotopic (exact) mass is 402 g/mol. The molecule has 1 atom stereocenters. The third-order valence-electron chi connectivity index (χ3n) is 4.42. The summed E-state index contributed by atoms with van der Waals surface area (Å²) < 4.78 is 5.70. The fourth-order valence-electron chi connectivity index (χ4n) is 3.32. The average molecular weight is 403 g/mol. The van der Waals surface area contributed by atoms with Crippen molar-refractivity contribution < 1.29 is 9.53 Å². The van der Waals surface area contributed by atoms with Gasteiger partial charge in [0.2, 0.25) is 0 Å². The van der Waals surface area contributed by atoms with Crippen molar-refractivity contribution in [3.63, 3.8) is 0 Å². The lowest BCUT2D eigenvalue weighted by Crippen LogP contribution is -2.26. The number of rotatable bonds is 3. The van der Waals surface area contributed by atoms with Crippen molar-refractivity contribution >= 4 is 45.3 Å². The number of hydrogen-bond acceptors (Lipinski definition) is 4. The highest BCUT2D eigenvalue weighted by Crippen LogP contribution is 2.44. The lowest BCUT2D eigenvalue weighted by molar-refractivity contribution is 0.00694. The average Bonchev–Trinajstić information content (AvgIpc) is 2.93. The van der Waals surface area contributed by atoms with Crippen LogP contribution < -0.4 is 10.6 Å². The van der Waals surface area contributed by atoms with Crippen LogP contribution in [0.4, 0.5) is 10.7 Å². The maximum Gasteiger partial charge on any atom is 0.341 e. The Balaban J connectivity index is 1.90. The Bertz CT molecular complexity index is 838. The topological polar surface area (TPSA) is 50.4 Å². The fourth-order valence-corrected chi connectivity index (χ4v) is 4.96. The molecule has 0 bridgehead atoms. The molecule has 4 nitrogen and oxygen atoms in total. The van der Waals surface area contributed by atoms with Gasteiger partial charge in [-0.05, 0) is 75.9 Å². The summed E-state index contributed by atoms with van der Waals surface area (Å²) in [7, 11) is 0. The number of anilines is 2. The number of nitrogens with one attached hydrogen (secondary N) is 2. The molecule has 144 valence electrons. The zero-order valence-electron chi connectivity index (χ0n) is 16.2. The summed E-state index contributed by atoms with van der Waals surface area (Å²) in [5, 5.41) is 7.66. The molecule has 0 radical (unpaired) electrons. The van der Waals surface area contributed by atoms with Crippen molar-refractivity contribution in [2.24, 2.45) is 0 Å². The van der Waals surface area contributed by atoms with Gasteiger partial charge in [0.25, 0.3) is 0 Å². The molecular weight excluding hydrogens is 376 g/mol. The number of benzene rings is 1. The normalized spacial score (nSPS) is 16.4. The van der Waals surface area contributed by atoms with Gasteiger partial charge in [-0.3, -0.25) is 0 Å². The number of hydrogen-bond donors (Lipinski definition) is 2. The van der Waals surface area contributed by atoms with Crippen LogP contribution in [-0.2, 0) is 11.2 Å². The molecule has 0 aliphatic heterocycles. The molecule has 1 aromatic heterocycles. The Hall–Kier alpha value is -1.92. The molecule has 1 aliphatic carbocycles. The molecule has 0 amide bonds. The molecule has 3 rings (SSSR count). The molecule has 2 aromatic rings. The Labute approximate surface area is 170 Å². The highest BCUT2D eigenvalue weighted by Gasteiger charge is 2.32. The van der Waals surface area contributed by atoms with Gasteiger partial charge in [-0.1, -0.05) is 25.1 Å². The summed E-state index contributed by atoms with van der Waals surface area (Å²) in [5.41, 5.74) is 2.15. The van der Waals surface area contributed by atoms with Gasteiger partial charge in [0, 0.05) is 10.6 Å². The van der Waals surface area contributed by atoms with Crippen molar-refractivity contribution in [2.45, 2.75) is 58.5 Å². The molecule has 0 saturated carbocycles. The summed E-state index contributed by atoms with van der Waals surface area (Å²) in [6.45, 7) is 7.86. The first-order chi connectivity index (χ1) is 12.7. The summed E-state index contributed by atoms with van der Waals surface area (Å²) in [5.74, 6) is 0.0671. The highest BCUT2D eigenvalue weighted by molar-refractivity contribution is 7.80. The van der Waals surface area contributed by atoms with E-state index in [9.17, 15) is 4.79 Å². The molecule has 0 saturated heterocycles. The lowest BCUT2D eigenvalue weighted by atomic mass is 9.86. The Kier molecular flexibility index (Phi) is 5.86. The van der Waals surface area contributed by atoms with Gasteiger partial charge in [0.05, 0.1) is 5.56 Å². The smallest absolute Gasteiger partial charge is 0.341 e. The second kappa shape index (κ2) is 7.98. The van der Waals surface area contributed by atoms with E-state index in [0.717, 1.165) is 35.5 Å². The van der Waals surface area contributed by atoms with E-state index in [-0.39, 0.29) is 5.97 Å². The Morgan fingerprint density at radius 2 is 1.93 bits per heavy atom. The number of ether oxygens (including phenoxy) is 1. The zero-order valence-corrected chi connectivity index (χ0v) is 17.9. The van der Waals surface area contributed by atoms with Gasteiger partial charge in [0.15, 0.2) is 5.11 Å². The van der Waals surface area contributed by atoms with E-state index in [2.05, 4.69) is 17.6 Å². The van der Waals surface area contributed by atoms with Crippen molar-refractivity contribution in [1.29, 1.82) is 0 Å². The summed E-state index contributed by atoms with van der Waals surface area (Å²) in [6, 6.07) is 9.75. The van der Waals surface area contributed by atoms with Crippen LogP contribution in [-0.4, -0.2) is 16.7 Å². The van der Waals surface area contributed by atoms with Crippen LogP contribution in [0.2, 0.25) is 0 Å². The van der Waals surface area contributed by atoms with Gasteiger partial charge in [-0.25, -0.2) is 4.79 Å². The van der Waals surface area contributed by atoms with Crippen molar-refractivity contribution in [1.82, 2.24) is 0 Å². The minimum absolute atomic E-state index is 0.279. The molecule has 1 unspecified atom stereocenters. The maximum absolute atomic E-state index is 13.0. The van der Waals surface area contributed by atoms with Crippen LogP contribution in [0.1, 0.15) is 67.3 Å². The molecule has 27 heavy (non-hydrogen) atoms. The van der Waals surface area contributed by atoms with Crippen LogP contribution in [0.3, 0.4) is 0 Å². The predicted molar refractivity (Wildman–Crippen MR) is 117 cm³/mol. The van der Waals surface area contributed by atoms with Gasteiger partial charge in [-0.15, -0.1) is 11.3 Å². The van der Waals surface area contributed by atoms with Crippen molar-refractivity contribution in [3.8, 4) is 0 Å². The molecule has 6 heteroatoms. The number of thiocarbonyl (C=S) groups is 1. The number of thiophene rings is 1. The first kappa shape index (κ1) is 19.8. The van der Waals surface area contributed by atoms with Crippen molar-refractivity contribution in [3.05, 3.63) is 46.3 Å². The van der Waals surface area contributed by atoms with Crippen LogP contribution in [0.25, 0.3) is 0 Å². The first-order valence-corrected chi connectivity index (χ1v) is 10.5. The van der Waals surface area contributed by atoms with Crippen LogP contribution >= 0.6 is 23.6 Å². The molecule has 2 N–H and O–H groups in total. The Morgan fingerprint density at radius 3 is 2.59 bits per heavy atom. The molecular formula is C21H26N2O2S2. The highest BCUT2D eigenvalue weighted by atomic mass is 32.1. The van der Waals surface area contributed by atoms with E-state index >= 15 is 0 Å². The van der Waals surface area contributed by atoms with Crippen LogP contribution in [0, 0.1) is 0 Å². The number of esters is 1. The number of carbonyl (C=O) groups is 1. The number of para-hydroxylation sites is 1. The summed E-state index contributed by atoms with van der Waals surface area (Å²) in [6.07, 6.45) is 3.24. The SMILES string of the molecule is CC1CCCc2sc(NC(=S)Nc3ccccc3)c(C(=O)OC(C)(C)C)c21. The van der Waals surface area contributed by atoms with E-state index in [1.54, 1.807) is 11.3 Å². The zero-order chi connectivity index (χ0) is 19.6. The minimum atomic E-state index is -0.538. The molecule has 1 heterocycles. The molecule has 1 aromatic carbocycles. The lowest BCUT2D eigenvalue weighted by Gasteiger charge is -2.23. The van der Waals surface area contributed by atoms with Crippen molar-refractivity contribution in [2.75, 3.05) is 10.6 Å². The number of aryl methyl sites for hydroxylation is 1. The summed E-state index contributed by atoms with van der Waals surface area (Å²) >= 11 is 7.10. The molecule has 1 aliphatic rings. The van der Waals surface area contributed by atoms with E-state index in [4.69, 9.17) is 17.0 Å².